The molecule has 2 rings (SSSR count). The Morgan fingerprint density at radius 1 is 1.33 bits per heavy atom. The van der Waals surface area contributed by atoms with Crippen molar-refractivity contribution in [2.45, 2.75) is 26.7 Å². The summed E-state index contributed by atoms with van der Waals surface area (Å²) in [5, 5.41) is 0.872. The predicted octanol–water partition coefficient (Wildman–Crippen LogP) is 3.68. The molecular formula is C11H14N2S2. The molecule has 1 aromatic heterocycles. The van der Waals surface area contributed by atoms with Crippen molar-refractivity contribution in [3.8, 4) is 0 Å². The summed E-state index contributed by atoms with van der Waals surface area (Å²) in [6.07, 6.45) is 2.11. The number of aromatic nitrogens is 1. The normalized spacial score (nSPS) is 10.9. The smallest absolute Gasteiger partial charge is 0.193 e. The quantitative estimate of drug-likeness (QED) is 0.797. The van der Waals surface area contributed by atoms with E-state index in [9.17, 15) is 0 Å². The lowest BCUT2D eigenvalue weighted by Crippen LogP contribution is -1.92. The average molecular weight is 238 g/mol. The number of anilines is 1. The summed E-state index contributed by atoms with van der Waals surface area (Å²) in [6.45, 7) is 4.37. The fourth-order valence-corrected chi connectivity index (χ4v) is 2.84. The zero-order valence-electron chi connectivity index (χ0n) is 8.87. The fraction of sp³-hybridized carbons (Fsp3) is 0.364. The molecule has 0 atom stereocenters. The number of hydrogen-bond donors (Lipinski definition) is 2. The molecule has 80 valence electrons. The van der Waals surface area contributed by atoms with E-state index < -0.39 is 0 Å². The van der Waals surface area contributed by atoms with E-state index in [4.69, 9.17) is 0 Å². The van der Waals surface area contributed by atoms with Crippen LogP contribution in [0.15, 0.2) is 12.1 Å². The first kappa shape index (κ1) is 10.8. The maximum absolute atomic E-state index is 4.54. The van der Waals surface area contributed by atoms with Crippen molar-refractivity contribution in [3.05, 3.63) is 23.3 Å². The van der Waals surface area contributed by atoms with Gasteiger partial charge >= 0.3 is 0 Å². The van der Waals surface area contributed by atoms with Crippen LogP contribution >= 0.6 is 24.2 Å². The van der Waals surface area contributed by atoms with Gasteiger partial charge < -0.3 is 4.72 Å². The fourth-order valence-electron chi connectivity index (χ4n) is 1.86. The third kappa shape index (κ3) is 1.84. The third-order valence-corrected chi connectivity index (χ3v) is 3.89. The molecule has 1 aromatic carbocycles. The van der Waals surface area contributed by atoms with Crippen molar-refractivity contribution in [3.63, 3.8) is 0 Å². The monoisotopic (exact) mass is 238 g/mol. The van der Waals surface area contributed by atoms with Gasteiger partial charge in [-0.2, -0.15) is 0 Å². The maximum Gasteiger partial charge on any atom is 0.193 e. The van der Waals surface area contributed by atoms with Crippen molar-refractivity contribution in [1.29, 1.82) is 0 Å². The van der Waals surface area contributed by atoms with E-state index in [2.05, 4.69) is 48.5 Å². The highest BCUT2D eigenvalue weighted by molar-refractivity contribution is 7.82. The molecule has 15 heavy (non-hydrogen) atoms. The number of fused-ring (bicyclic) bond motifs is 1. The second-order valence-electron chi connectivity index (χ2n) is 3.39. The van der Waals surface area contributed by atoms with Gasteiger partial charge in [-0.3, -0.25) is 0 Å². The van der Waals surface area contributed by atoms with Gasteiger partial charge in [0.25, 0.3) is 0 Å². The molecule has 0 fully saturated rings. The first-order valence-corrected chi connectivity index (χ1v) is 6.37. The van der Waals surface area contributed by atoms with Crippen LogP contribution in [0.1, 0.15) is 25.0 Å². The lowest BCUT2D eigenvalue weighted by atomic mass is 10.0. The highest BCUT2D eigenvalue weighted by Crippen LogP contribution is 2.30. The molecule has 0 aliphatic rings. The minimum absolute atomic E-state index is 0.872. The van der Waals surface area contributed by atoms with Crippen molar-refractivity contribution in [1.82, 2.24) is 4.98 Å². The minimum Gasteiger partial charge on any atom is -0.308 e. The number of thiol groups is 1. The molecule has 1 heterocycles. The Labute approximate surface area is 99.3 Å². The summed E-state index contributed by atoms with van der Waals surface area (Å²) >= 11 is 5.68. The number of hydrogen-bond acceptors (Lipinski definition) is 4. The predicted molar refractivity (Wildman–Crippen MR) is 71.0 cm³/mol. The topological polar surface area (TPSA) is 24.9 Å². The molecule has 0 unspecified atom stereocenters. The van der Waals surface area contributed by atoms with Crippen LogP contribution in [0, 0.1) is 0 Å². The van der Waals surface area contributed by atoms with Crippen LogP contribution in [0.5, 0.6) is 0 Å². The Hall–Kier alpha value is -0.740. The highest BCUT2D eigenvalue weighted by atomic mass is 32.1. The van der Waals surface area contributed by atoms with Crippen LogP contribution in [0.25, 0.3) is 10.2 Å². The van der Waals surface area contributed by atoms with Gasteiger partial charge in [-0.25, -0.2) is 4.98 Å². The Bertz CT molecular complexity index is 477. The first-order valence-electron chi connectivity index (χ1n) is 5.11. The number of nitrogens with zero attached hydrogens (tertiary/aromatic N) is 1. The number of thiazole rings is 1. The van der Waals surface area contributed by atoms with E-state index in [-0.39, 0.29) is 0 Å². The standard InChI is InChI=1S/C11H14N2S2/c1-3-7-5-6-9-10(8(7)4-2)12-11(13-14)15-9/h5-6,14H,3-4H2,1-2H3,(H,12,13). The van der Waals surface area contributed by atoms with Crippen LogP contribution in [0.4, 0.5) is 5.13 Å². The van der Waals surface area contributed by atoms with Gasteiger partial charge in [0.15, 0.2) is 5.13 Å². The van der Waals surface area contributed by atoms with Gasteiger partial charge in [-0.05, 0) is 30.0 Å². The zero-order valence-corrected chi connectivity index (χ0v) is 10.6. The van der Waals surface area contributed by atoms with Gasteiger partial charge in [0.2, 0.25) is 0 Å². The lowest BCUT2D eigenvalue weighted by Gasteiger charge is -2.05. The van der Waals surface area contributed by atoms with Crippen molar-refractivity contribution in [2.75, 3.05) is 4.72 Å². The zero-order chi connectivity index (χ0) is 10.8. The van der Waals surface area contributed by atoms with Gasteiger partial charge in [0.1, 0.15) is 0 Å². The molecule has 2 nitrogen and oxygen atoms in total. The van der Waals surface area contributed by atoms with Crippen molar-refractivity contribution < 1.29 is 0 Å². The summed E-state index contributed by atoms with van der Waals surface area (Å²) in [7, 11) is 0. The summed E-state index contributed by atoms with van der Waals surface area (Å²) in [6, 6.07) is 4.36. The minimum atomic E-state index is 0.872. The van der Waals surface area contributed by atoms with Crippen LogP contribution in [-0.4, -0.2) is 4.98 Å². The maximum atomic E-state index is 4.54. The molecular weight excluding hydrogens is 224 g/mol. The molecule has 0 amide bonds. The number of nitrogens with one attached hydrogen (secondary N) is 1. The van der Waals surface area contributed by atoms with E-state index in [1.54, 1.807) is 11.3 Å². The molecule has 0 aliphatic carbocycles. The highest BCUT2D eigenvalue weighted by Gasteiger charge is 2.09. The van der Waals surface area contributed by atoms with E-state index >= 15 is 0 Å². The number of benzene rings is 1. The summed E-state index contributed by atoms with van der Waals surface area (Å²) in [4.78, 5) is 4.54. The molecule has 0 bridgehead atoms. The molecule has 4 heteroatoms. The van der Waals surface area contributed by atoms with Gasteiger partial charge in [-0.1, -0.05) is 44.1 Å². The van der Waals surface area contributed by atoms with Crippen molar-refractivity contribution >= 4 is 39.5 Å². The first-order chi connectivity index (χ1) is 7.30. The molecule has 1 N–H and O–H groups in total. The van der Waals surface area contributed by atoms with Crippen LogP contribution < -0.4 is 4.72 Å². The van der Waals surface area contributed by atoms with Gasteiger partial charge in [0.05, 0.1) is 10.2 Å². The van der Waals surface area contributed by atoms with E-state index in [1.165, 1.54) is 15.8 Å². The van der Waals surface area contributed by atoms with Gasteiger partial charge in [0, 0.05) is 0 Å². The molecule has 0 saturated heterocycles. The molecule has 0 saturated carbocycles. The van der Waals surface area contributed by atoms with Crippen molar-refractivity contribution in [2.24, 2.45) is 0 Å². The summed E-state index contributed by atoms with van der Waals surface area (Å²) in [5.74, 6) is 0. The SMILES string of the molecule is CCc1ccc2sc(NS)nc2c1CC. The number of aryl methyl sites for hydroxylation is 2. The van der Waals surface area contributed by atoms with Crippen LogP contribution in [0.2, 0.25) is 0 Å². The summed E-state index contributed by atoms with van der Waals surface area (Å²) in [5.41, 5.74) is 3.92. The van der Waals surface area contributed by atoms with E-state index in [0.29, 0.717) is 0 Å². The second-order valence-corrected chi connectivity index (χ2v) is 4.64. The average Bonchev–Trinajstić information content (AvgIpc) is 2.70. The second kappa shape index (κ2) is 4.41. The molecule has 0 aliphatic heterocycles. The van der Waals surface area contributed by atoms with Gasteiger partial charge in [-0.15, -0.1) is 0 Å². The largest absolute Gasteiger partial charge is 0.308 e. The molecule has 0 spiro atoms. The van der Waals surface area contributed by atoms with E-state index in [0.717, 1.165) is 23.5 Å². The van der Waals surface area contributed by atoms with E-state index in [1.807, 2.05) is 0 Å². The lowest BCUT2D eigenvalue weighted by molar-refractivity contribution is 1.05. The molecule has 0 radical (unpaired) electrons. The Morgan fingerprint density at radius 3 is 2.73 bits per heavy atom. The Balaban J connectivity index is 2.69. The Kier molecular flexibility index (Phi) is 3.17. The Morgan fingerprint density at radius 2 is 2.13 bits per heavy atom. The van der Waals surface area contributed by atoms with Crippen LogP contribution in [-0.2, 0) is 12.8 Å². The third-order valence-electron chi connectivity index (χ3n) is 2.59. The summed E-state index contributed by atoms with van der Waals surface area (Å²) < 4.78 is 4.04. The molecule has 2 aromatic rings. The van der Waals surface area contributed by atoms with Crippen LogP contribution in [0.3, 0.4) is 0 Å². The number of rotatable bonds is 3.